The van der Waals surface area contributed by atoms with Crippen molar-refractivity contribution in [3.63, 3.8) is 0 Å². The maximum atomic E-state index is 15.8. The highest BCUT2D eigenvalue weighted by Gasteiger charge is 2.36. The summed E-state index contributed by atoms with van der Waals surface area (Å²) in [6, 6.07) is 21.6. The second-order valence-electron chi connectivity index (χ2n) is 9.22. The molecular formula is C29H22F4N4O2. The number of benzene rings is 3. The zero-order valence-corrected chi connectivity index (χ0v) is 20.5. The summed E-state index contributed by atoms with van der Waals surface area (Å²) < 4.78 is 63.2. The van der Waals surface area contributed by atoms with Gasteiger partial charge in [-0.1, -0.05) is 48.5 Å². The van der Waals surface area contributed by atoms with Crippen molar-refractivity contribution in [1.82, 2.24) is 9.78 Å². The molecule has 1 atom stereocenters. The second kappa shape index (κ2) is 10.7. The lowest BCUT2D eigenvalue weighted by molar-refractivity contribution is -0.141. The molecule has 6 nitrogen and oxygen atoms in total. The highest BCUT2D eigenvalue weighted by Crippen LogP contribution is 2.36. The Morgan fingerprint density at radius 2 is 1.82 bits per heavy atom. The van der Waals surface area contributed by atoms with E-state index >= 15 is 4.39 Å². The van der Waals surface area contributed by atoms with Gasteiger partial charge in [-0.05, 0) is 48.6 Å². The molecule has 5 rings (SSSR count). The van der Waals surface area contributed by atoms with Crippen molar-refractivity contribution >= 4 is 11.6 Å². The van der Waals surface area contributed by atoms with Gasteiger partial charge in [0.15, 0.2) is 11.5 Å². The molecule has 0 saturated heterocycles. The van der Waals surface area contributed by atoms with Gasteiger partial charge in [0, 0.05) is 11.6 Å². The van der Waals surface area contributed by atoms with Crippen molar-refractivity contribution in [2.24, 2.45) is 5.92 Å². The smallest absolute Gasteiger partial charge is 0.368 e. The Morgan fingerprint density at radius 3 is 2.51 bits per heavy atom. The van der Waals surface area contributed by atoms with Gasteiger partial charge in [-0.2, -0.15) is 23.5 Å². The van der Waals surface area contributed by atoms with Gasteiger partial charge in [0.25, 0.3) is 5.91 Å². The Labute approximate surface area is 221 Å². The summed E-state index contributed by atoms with van der Waals surface area (Å²) in [5, 5.41) is 15.1. The lowest BCUT2D eigenvalue weighted by Gasteiger charge is -2.21. The van der Waals surface area contributed by atoms with E-state index in [4.69, 9.17) is 4.74 Å². The average Bonchev–Trinajstić information content (AvgIpc) is 3.64. The lowest BCUT2D eigenvalue weighted by atomic mass is 10.00. The molecule has 1 aromatic heterocycles. The standard InChI is InChI=1S/C29H22F4N4O2/c30-26-22(27(39-17-18-12-13-18)20-7-2-1-3-8-20)10-5-11-23(26)35-28(38)24-15-25(29(31,32)33)36-37(24)21-9-4-6-19(14-21)16-34/h1-11,14-15,18,27H,12-13,17H2,(H,35,38). The summed E-state index contributed by atoms with van der Waals surface area (Å²) >= 11 is 0. The van der Waals surface area contributed by atoms with E-state index in [-0.39, 0.29) is 22.5 Å². The van der Waals surface area contributed by atoms with Crippen LogP contribution in [0, 0.1) is 23.1 Å². The summed E-state index contributed by atoms with van der Waals surface area (Å²) in [6.45, 7) is 0.455. The van der Waals surface area contributed by atoms with Crippen LogP contribution in [0.3, 0.4) is 0 Å². The van der Waals surface area contributed by atoms with E-state index in [9.17, 15) is 23.2 Å². The molecule has 1 aliphatic carbocycles. The molecule has 1 heterocycles. The van der Waals surface area contributed by atoms with Crippen molar-refractivity contribution in [1.29, 1.82) is 5.26 Å². The van der Waals surface area contributed by atoms with Crippen molar-refractivity contribution in [3.8, 4) is 11.8 Å². The molecule has 1 amide bonds. The van der Waals surface area contributed by atoms with Crippen molar-refractivity contribution in [3.05, 3.63) is 113 Å². The van der Waals surface area contributed by atoms with Crippen LogP contribution < -0.4 is 5.32 Å². The first-order valence-corrected chi connectivity index (χ1v) is 12.2. The predicted molar refractivity (Wildman–Crippen MR) is 135 cm³/mol. The van der Waals surface area contributed by atoms with Gasteiger partial charge in [-0.15, -0.1) is 0 Å². The van der Waals surface area contributed by atoms with Gasteiger partial charge >= 0.3 is 6.18 Å². The van der Waals surface area contributed by atoms with Crippen LogP contribution in [0.5, 0.6) is 0 Å². The number of ether oxygens (including phenoxy) is 1. The number of anilines is 1. The number of rotatable bonds is 8. The fraction of sp³-hybridized carbons (Fsp3) is 0.207. The second-order valence-corrected chi connectivity index (χ2v) is 9.22. The van der Waals surface area contributed by atoms with Crippen LogP contribution in [0.15, 0.2) is 78.9 Å². The molecule has 0 bridgehead atoms. The molecule has 1 unspecified atom stereocenters. The van der Waals surface area contributed by atoms with Crippen LogP contribution in [-0.4, -0.2) is 22.3 Å². The third kappa shape index (κ3) is 5.84. The number of alkyl halides is 3. The fourth-order valence-electron chi connectivity index (χ4n) is 4.13. The number of aromatic nitrogens is 2. The molecule has 1 fully saturated rings. The molecule has 0 spiro atoms. The maximum absolute atomic E-state index is 15.8. The van der Waals surface area contributed by atoms with E-state index in [1.54, 1.807) is 12.1 Å². The molecule has 1 saturated carbocycles. The number of nitrogens with zero attached hydrogens (tertiary/aromatic N) is 3. The summed E-state index contributed by atoms with van der Waals surface area (Å²) in [5.41, 5.74) is -0.854. The predicted octanol–water partition coefficient (Wildman–Crippen LogP) is 6.67. The molecule has 1 N–H and O–H groups in total. The number of nitriles is 1. The Morgan fingerprint density at radius 1 is 1.08 bits per heavy atom. The number of hydrogen-bond acceptors (Lipinski definition) is 4. The third-order valence-corrected chi connectivity index (χ3v) is 6.31. The van der Waals surface area contributed by atoms with Crippen LogP contribution in [0.2, 0.25) is 0 Å². The molecule has 10 heteroatoms. The summed E-state index contributed by atoms with van der Waals surface area (Å²) in [5.74, 6) is -1.35. The topological polar surface area (TPSA) is 79.9 Å². The van der Waals surface area contributed by atoms with Crippen LogP contribution in [0.25, 0.3) is 5.69 Å². The summed E-state index contributed by atoms with van der Waals surface area (Å²) in [7, 11) is 0. The number of nitrogens with one attached hydrogen (secondary N) is 1. The lowest BCUT2D eigenvalue weighted by Crippen LogP contribution is -2.19. The number of amides is 1. The molecule has 0 radical (unpaired) electrons. The van der Waals surface area contributed by atoms with Gasteiger partial charge in [0.05, 0.1) is 29.6 Å². The zero-order valence-electron chi connectivity index (χ0n) is 20.5. The van der Waals surface area contributed by atoms with Crippen LogP contribution in [0.4, 0.5) is 23.2 Å². The van der Waals surface area contributed by atoms with Gasteiger partial charge in [0.2, 0.25) is 0 Å². The molecule has 39 heavy (non-hydrogen) atoms. The molecule has 198 valence electrons. The number of carbonyl (C=O) groups is 1. The van der Waals surface area contributed by atoms with E-state index in [1.165, 1.54) is 30.3 Å². The van der Waals surface area contributed by atoms with Crippen molar-refractivity contribution in [2.75, 3.05) is 11.9 Å². The molecule has 1 aliphatic rings. The van der Waals surface area contributed by atoms with Crippen LogP contribution in [-0.2, 0) is 10.9 Å². The first-order valence-electron chi connectivity index (χ1n) is 12.2. The molecule has 4 aromatic rings. The minimum absolute atomic E-state index is 0.0709. The Hall–Kier alpha value is -4.49. The van der Waals surface area contributed by atoms with Gasteiger partial charge in [0.1, 0.15) is 11.8 Å². The third-order valence-electron chi connectivity index (χ3n) is 6.31. The van der Waals surface area contributed by atoms with Gasteiger partial charge < -0.3 is 10.1 Å². The minimum atomic E-state index is -4.83. The van der Waals surface area contributed by atoms with E-state index in [0.717, 1.165) is 23.1 Å². The van der Waals surface area contributed by atoms with E-state index in [2.05, 4.69) is 10.4 Å². The number of carbonyl (C=O) groups excluding carboxylic acids is 1. The number of hydrogen-bond donors (Lipinski definition) is 1. The summed E-state index contributed by atoms with van der Waals surface area (Å²) in [4.78, 5) is 13.2. The van der Waals surface area contributed by atoms with Crippen LogP contribution >= 0.6 is 0 Å². The van der Waals surface area contributed by atoms with Gasteiger partial charge in [-0.25, -0.2) is 9.07 Å². The minimum Gasteiger partial charge on any atom is -0.368 e. The maximum Gasteiger partial charge on any atom is 0.435 e. The molecule has 0 aliphatic heterocycles. The highest BCUT2D eigenvalue weighted by molar-refractivity contribution is 6.03. The highest BCUT2D eigenvalue weighted by atomic mass is 19.4. The monoisotopic (exact) mass is 534 g/mol. The normalized spacial score (nSPS) is 14.0. The summed E-state index contributed by atoms with van der Waals surface area (Å²) in [6.07, 6.45) is -3.48. The largest absolute Gasteiger partial charge is 0.435 e. The Bertz CT molecular complexity index is 1540. The Kier molecular flexibility index (Phi) is 7.17. The van der Waals surface area contributed by atoms with Crippen LogP contribution in [0.1, 0.15) is 51.8 Å². The average molecular weight is 535 g/mol. The van der Waals surface area contributed by atoms with E-state index in [1.807, 2.05) is 36.4 Å². The fourth-order valence-corrected chi connectivity index (χ4v) is 4.13. The van der Waals surface area contributed by atoms with Crippen molar-refractivity contribution in [2.45, 2.75) is 25.1 Å². The van der Waals surface area contributed by atoms with E-state index in [0.29, 0.717) is 18.6 Å². The quantitative estimate of drug-likeness (QED) is 0.256. The molecule has 3 aromatic carbocycles. The Balaban J connectivity index is 1.49. The number of halogens is 4. The first kappa shape index (κ1) is 26.1. The zero-order chi connectivity index (χ0) is 27.6. The first-order chi connectivity index (χ1) is 18.7. The van der Waals surface area contributed by atoms with Crippen molar-refractivity contribution < 1.29 is 27.1 Å². The van der Waals surface area contributed by atoms with Gasteiger partial charge in [-0.3, -0.25) is 4.79 Å². The molecular weight excluding hydrogens is 512 g/mol. The SMILES string of the molecule is N#Cc1cccc(-n2nc(C(F)(F)F)cc2C(=O)Nc2cccc(C(OCC3CC3)c3ccccc3)c2F)c1. The van der Waals surface area contributed by atoms with E-state index < -0.39 is 35.4 Å².